The highest BCUT2D eigenvalue weighted by molar-refractivity contribution is 6.42. The van der Waals surface area contributed by atoms with Crippen molar-refractivity contribution in [3.8, 4) is 17.0 Å². The first-order chi connectivity index (χ1) is 15.1. The van der Waals surface area contributed by atoms with Crippen molar-refractivity contribution in [2.45, 2.75) is 31.7 Å². The minimum Gasteiger partial charge on any atom is -0.497 e. The van der Waals surface area contributed by atoms with Crippen LogP contribution in [0, 0.1) is 0 Å². The minimum atomic E-state index is 0.433. The number of methoxy groups -OCH3 is 1. The van der Waals surface area contributed by atoms with E-state index in [2.05, 4.69) is 38.1 Å². The maximum atomic E-state index is 6.20. The number of halogens is 2. The summed E-state index contributed by atoms with van der Waals surface area (Å²) in [6.45, 7) is 0. The van der Waals surface area contributed by atoms with Gasteiger partial charge in [-0.2, -0.15) is 0 Å². The van der Waals surface area contributed by atoms with Crippen LogP contribution in [0.5, 0.6) is 5.75 Å². The lowest BCUT2D eigenvalue weighted by Gasteiger charge is -2.17. The third-order valence-electron chi connectivity index (χ3n) is 5.89. The molecule has 2 aromatic carbocycles. The Morgan fingerprint density at radius 1 is 0.968 bits per heavy atom. The molecule has 1 N–H and O–H groups in total. The molecule has 0 atom stereocenters. The van der Waals surface area contributed by atoms with Crippen LogP contribution in [0.1, 0.15) is 31.7 Å². The number of nitrogens with one attached hydrogen (secondary N) is 1. The van der Waals surface area contributed by atoms with E-state index in [4.69, 9.17) is 27.9 Å². The van der Waals surface area contributed by atoms with Gasteiger partial charge in [0.25, 0.3) is 0 Å². The quantitative estimate of drug-likeness (QED) is 0.345. The molecule has 2 aromatic heterocycles. The van der Waals surface area contributed by atoms with Crippen molar-refractivity contribution < 1.29 is 4.74 Å². The molecule has 1 saturated carbocycles. The molecule has 5 rings (SSSR count). The molecule has 0 amide bonds. The molecule has 158 valence electrons. The van der Waals surface area contributed by atoms with Crippen LogP contribution in [-0.2, 0) is 0 Å². The van der Waals surface area contributed by atoms with E-state index in [1.807, 2.05) is 18.2 Å². The number of rotatable bonds is 5. The van der Waals surface area contributed by atoms with E-state index >= 15 is 0 Å². The molecule has 0 unspecified atom stereocenters. The normalized spacial score (nSPS) is 14.3. The van der Waals surface area contributed by atoms with Crippen molar-refractivity contribution in [3.63, 3.8) is 0 Å². The minimum absolute atomic E-state index is 0.433. The fourth-order valence-electron chi connectivity index (χ4n) is 4.36. The van der Waals surface area contributed by atoms with Crippen LogP contribution in [0.25, 0.3) is 22.3 Å². The van der Waals surface area contributed by atoms with Crippen molar-refractivity contribution in [1.29, 1.82) is 0 Å². The first-order valence-electron chi connectivity index (χ1n) is 10.4. The van der Waals surface area contributed by atoms with Gasteiger partial charge in [-0.25, -0.2) is 9.97 Å². The zero-order valence-electron chi connectivity index (χ0n) is 17.1. The van der Waals surface area contributed by atoms with E-state index in [0.717, 1.165) is 52.4 Å². The molecular weight excluding hydrogens is 431 g/mol. The van der Waals surface area contributed by atoms with Gasteiger partial charge < -0.3 is 14.6 Å². The molecule has 7 heteroatoms. The van der Waals surface area contributed by atoms with E-state index in [0.29, 0.717) is 16.1 Å². The number of anilines is 2. The van der Waals surface area contributed by atoms with Gasteiger partial charge in [-0.3, -0.25) is 0 Å². The zero-order chi connectivity index (χ0) is 21.4. The van der Waals surface area contributed by atoms with Gasteiger partial charge in [-0.1, -0.05) is 36.0 Å². The summed E-state index contributed by atoms with van der Waals surface area (Å²) in [7, 11) is 1.68. The van der Waals surface area contributed by atoms with Crippen molar-refractivity contribution in [2.75, 3.05) is 12.4 Å². The Kier molecular flexibility index (Phi) is 5.47. The Morgan fingerprint density at radius 3 is 2.45 bits per heavy atom. The smallest absolute Gasteiger partial charge is 0.146 e. The van der Waals surface area contributed by atoms with Gasteiger partial charge >= 0.3 is 0 Å². The van der Waals surface area contributed by atoms with E-state index in [9.17, 15) is 0 Å². The topological polar surface area (TPSA) is 52.0 Å². The molecule has 1 aliphatic carbocycles. The van der Waals surface area contributed by atoms with Crippen molar-refractivity contribution >= 4 is 45.7 Å². The molecule has 0 aliphatic heterocycles. The number of nitrogens with zero attached hydrogens (tertiary/aromatic N) is 3. The number of aromatic nitrogens is 3. The number of hydrogen-bond acceptors (Lipinski definition) is 4. The van der Waals surface area contributed by atoms with Crippen LogP contribution < -0.4 is 10.1 Å². The van der Waals surface area contributed by atoms with E-state index in [-0.39, 0.29) is 0 Å². The summed E-state index contributed by atoms with van der Waals surface area (Å²) in [6, 6.07) is 16.3. The molecule has 2 heterocycles. The van der Waals surface area contributed by atoms with Gasteiger partial charge in [0.05, 0.1) is 28.2 Å². The summed E-state index contributed by atoms with van der Waals surface area (Å²) in [4.78, 5) is 9.20. The Balaban J connectivity index is 1.64. The molecule has 0 spiro atoms. The van der Waals surface area contributed by atoms with Gasteiger partial charge in [0.1, 0.15) is 23.5 Å². The molecule has 0 saturated heterocycles. The Hall–Kier alpha value is -2.76. The SMILES string of the molecule is COc1ccc(-c2cc3c(Nc4ccc(Cl)c(Cl)c4)ncnc3n2C2CCCC2)cc1. The highest BCUT2D eigenvalue weighted by Gasteiger charge is 2.24. The molecule has 31 heavy (non-hydrogen) atoms. The lowest BCUT2D eigenvalue weighted by atomic mass is 10.1. The summed E-state index contributed by atoms with van der Waals surface area (Å²) >= 11 is 12.3. The maximum absolute atomic E-state index is 6.20. The highest BCUT2D eigenvalue weighted by Crippen LogP contribution is 2.40. The summed E-state index contributed by atoms with van der Waals surface area (Å²) in [5.74, 6) is 1.59. The molecule has 5 nitrogen and oxygen atoms in total. The molecule has 0 bridgehead atoms. The van der Waals surface area contributed by atoms with E-state index in [1.54, 1.807) is 25.6 Å². The largest absolute Gasteiger partial charge is 0.497 e. The Morgan fingerprint density at radius 2 is 1.74 bits per heavy atom. The van der Waals surface area contributed by atoms with Crippen molar-refractivity contribution in [1.82, 2.24) is 14.5 Å². The van der Waals surface area contributed by atoms with Crippen LogP contribution >= 0.6 is 23.2 Å². The zero-order valence-corrected chi connectivity index (χ0v) is 18.6. The maximum Gasteiger partial charge on any atom is 0.146 e. The molecule has 1 aliphatic rings. The van der Waals surface area contributed by atoms with E-state index in [1.165, 1.54) is 12.8 Å². The van der Waals surface area contributed by atoms with Crippen LogP contribution in [0.15, 0.2) is 54.9 Å². The summed E-state index contributed by atoms with van der Waals surface area (Å²) < 4.78 is 7.72. The highest BCUT2D eigenvalue weighted by atomic mass is 35.5. The van der Waals surface area contributed by atoms with Crippen LogP contribution in [0.2, 0.25) is 10.0 Å². The van der Waals surface area contributed by atoms with Gasteiger partial charge in [0.2, 0.25) is 0 Å². The monoisotopic (exact) mass is 452 g/mol. The number of benzene rings is 2. The molecule has 0 radical (unpaired) electrons. The Bertz CT molecular complexity index is 1230. The van der Waals surface area contributed by atoms with Gasteiger partial charge in [0.15, 0.2) is 0 Å². The lowest BCUT2D eigenvalue weighted by Crippen LogP contribution is -2.07. The first kappa shape index (κ1) is 20.2. The van der Waals surface area contributed by atoms with Crippen molar-refractivity contribution in [2.24, 2.45) is 0 Å². The fourth-order valence-corrected chi connectivity index (χ4v) is 4.66. The lowest BCUT2D eigenvalue weighted by molar-refractivity contribution is 0.415. The number of ether oxygens (including phenoxy) is 1. The molecule has 4 aromatic rings. The van der Waals surface area contributed by atoms with Crippen LogP contribution in [-0.4, -0.2) is 21.6 Å². The first-order valence-corrected chi connectivity index (χ1v) is 11.1. The fraction of sp³-hybridized carbons (Fsp3) is 0.250. The van der Waals surface area contributed by atoms with Crippen LogP contribution in [0.3, 0.4) is 0 Å². The standard InChI is InChI=1S/C24H22Cl2N4O/c1-31-18-9-6-15(7-10-18)22-13-19-23(29-16-8-11-20(25)21(26)12-16)27-14-28-24(19)30(22)17-4-2-3-5-17/h6-14,17H,2-5H2,1H3,(H,27,28,29). The van der Waals surface area contributed by atoms with Gasteiger partial charge in [-0.15, -0.1) is 0 Å². The van der Waals surface area contributed by atoms with Crippen molar-refractivity contribution in [3.05, 3.63) is 64.9 Å². The van der Waals surface area contributed by atoms with Gasteiger partial charge in [-0.05, 0) is 66.9 Å². The summed E-state index contributed by atoms with van der Waals surface area (Å²) in [5.41, 5.74) is 4.04. The second-order valence-corrected chi connectivity index (χ2v) is 8.59. The van der Waals surface area contributed by atoms with Gasteiger partial charge in [0, 0.05) is 11.7 Å². The second kappa shape index (κ2) is 8.40. The predicted octanol–water partition coefficient (Wildman–Crippen LogP) is 7.27. The average molecular weight is 453 g/mol. The predicted molar refractivity (Wildman–Crippen MR) is 127 cm³/mol. The van der Waals surface area contributed by atoms with Crippen LogP contribution in [0.4, 0.5) is 11.5 Å². The second-order valence-electron chi connectivity index (χ2n) is 7.78. The summed E-state index contributed by atoms with van der Waals surface area (Å²) in [6.07, 6.45) is 6.42. The molecule has 1 fully saturated rings. The third-order valence-corrected chi connectivity index (χ3v) is 6.63. The molecular formula is C24H22Cl2N4O. The summed E-state index contributed by atoms with van der Waals surface area (Å²) in [5, 5.41) is 5.39. The third kappa shape index (κ3) is 3.84. The van der Waals surface area contributed by atoms with E-state index < -0.39 is 0 Å². The number of fused-ring (bicyclic) bond motifs is 1. The Labute approximate surface area is 191 Å². The number of hydrogen-bond donors (Lipinski definition) is 1. The average Bonchev–Trinajstić information content (AvgIpc) is 3.44.